The van der Waals surface area contributed by atoms with Crippen molar-refractivity contribution < 1.29 is 8.42 Å². The van der Waals surface area contributed by atoms with Crippen LogP contribution in [0.2, 0.25) is 0 Å². The number of amidine groups is 1. The summed E-state index contributed by atoms with van der Waals surface area (Å²) in [6.45, 7) is 3.15. The van der Waals surface area contributed by atoms with Gasteiger partial charge in [0.15, 0.2) is 5.17 Å². The normalized spacial score (nSPS) is 22.1. The number of benzene rings is 1. The largest absolute Gasteiger partial charge is 0.320 e. The molecule has 24 heavy (non-hydrogen) atoms. The van der Waals surface area contributed by atoms with Crippen LogP contribution in [0.3, 0.4) is 0 Å². The van der Waals surface area contributed by atoms with Gasteiger partial charge in [0.25, 0.3) is 0 Å². The fourth-order valence-corrected chi connectivity index (χ4v) is 5.84. The van der Waals surface area contributed by atoms with Crippen molar-refractivity contribution in [2.75, 3.05) is 26.2 Å². The Labute approximate surface area is 147 Å². The highest BCUT2D eigenvalue weighted by molar-refractivity contribution is 8.16. The van der Waals surface area contributed by atoms with Crippen LogP contribution in [0.25, 0.3) is 5.70 Å². The third kappa shape index (κ3) is 2.89. The van der Waals surface area contributed by atoms with Crippen molar-refractivity contribution in [3.05, 3.63) is 35.2 Å². The fraction of sp³-hybridized carbons (Fsp3) is 0.471. The number of hydrogen-bond acceptors (Lipinski definition) is 5. The number of piperidine rings is 1. The highest BCUT2D eigenvalue weighted by atomic mass is 32.2. The predicted octanol–water partition coefficient (Wildman–Crippen LogP) is 2.97. The molecule has 0 saturated carbocycles. The molecule has 0 aliphatic carbocycles. The smallest absolute Gasteiger partial charge is 0.243 e. The van der Waals surface area contributed by atoms with Gasteiger partial charge in [-0.2, -0.15) is 4.31 Å². The van der Waals surface area contributed by atoms with Gasteiger partial charge in [-0.3, -0.25) is 4.99 Å². The molecule has 1 saturated heterocycles. The van der Waals surface area contributed by atoms with E-state index in [0.717, 1.165) is 55.2 Å². The first-order chi connectivity index (χ1) is 11.7. The van der Waals surface area contributed by atoms with E-state index in [1.165, 1.54) is 0 Å². The molecule has 0 aromatic heterocycles. The van der Waals surface area contributed by atoms with Crippen molar-refractivity contribution >= 4 is 32.6 Å². The maximum Gasteiger partial charge on any atom is 0.243 e. The minimum atomic E-state index is -3.35. The third-order valence-electron chi connectivity index (χ3n) is 4.69. The summed E-state index contributed by atoms with van der Waals surface area (Å²) in [5, 5.41) is 3.17. The van der Waals surface area contributed by atoms with Gasteiger partial charge >= 0.3 is 0 Å². The Morgan fingerprint density at radius 2 is 1.71 bits per heavy atom. The van der Waals surface area contributed by atoms with Crippen molar-refractivity contribution in [3.63, 3.8) is 0 Å². The van der Waals surface area contributed by atoms with E-state index in [2.05, 4.69) is 15.3 Å². The molecule has 0 bridgehead atoms. The summed E-state index contributed by atoms with van der Waals surface area (Å²) in [5.41, 5.74) is 2.17. The first-order valence-electron chi connectivity index (χ1n) is 8.46. The van der Waals surface area contributed by atoms with E-state index in [9.17, 15) is 8.42 Å². The zero-order valence-electron chi connectivity index (χ0n) is 13.5. The molecule has 0 amide bonds. The predicted molar refractivity (Wildman–Crippen MR) is 98.2 cm³/mol. The van der Waals surface area contributed by atoms with Crippen molar-refractivity contribution in [3.8, 4) is 0 Å². The molecule has 4 rings (SSSR count). The number of sulfonamides is 1. The van der Waals surface area contributed by atoms with Crippen molar-refractivity contribution in [1.82, 2.24) is 9.21 Å². The van der Waals surface area contributed by atoms with E-state index in [1.807, 2.05) is 12.1 Å². The molecule has 1 aromatic carbocycles. The minimum absolute atomic E-state index is 0.395. The van der Waals surface area contributed by atoms with Gasteiger partial charge < -0.3 is 4.90 Å². The highest BCUT2D eigenvalue weighted by Gasteiger charge is 2.28. The van der Waals surface area contributed by atoms with Crippen LogP contribution < -0.4 is 0 Å². The molecule has 5 nitrogen and oxygen atoms in total. The summed E-state index contributed by atoms with van der Waals surface area (Å²) in [5.74, 6) is 0. The van der Waals surface area contributed by atoms with Crippen molar-refractivity contribution in [2.24, 2.45) is 4.99 Å². The van der Waals surface area contributed by atoms with Crippen LogP contribution in [-0.4, -0.2) is 49.0 Å². The second-order valence-electron chi connectivity index (χ2n) is 6.28. The molecular formula is C17H21N3O2S2. The molecule has 0 radical (unpaired) electrons. The van der Waals surface area contributed by atoms with E-state index in [4.69, 9.17) is 0 Å². The summed E-state index contributed by atoms with van der Waals surface area (Å²) in [4.78, 5) is 7.16. The number of thioether (sulfide) groups is 1. The lowest BCUT2D eigenvalue weighted by Crippen LogP contribution is -2.35. The first kappa shape index (κ1) is 16.2. The molecule has 7 heteroatoms. The van der Waals surface area contributed by atoms with Crippen LogP contribution in [0.15, 0.2) is 39.6 Å². The zero-order chi connectivity index (χ0) is 16.6. The van der Waals surface area contributed by atoms with E-state index in [0.29, 0.717) is 18.0 Å². The SMILES string of the molecule is O=S(=O)(c1ccc(C2=CSC3=NCCCN23)cc1)N1CCCCC1. The molecular weight excluding hydrogens is 342 g/mol. The lowest BCUT2D eigenvalue weighted by Gasteiger charge is -2.27. The summed E-state index contributed by atoms with van der Waals surface area (Å²) >= 11 is 1.65. The van der Waals surface area contributed by atoms with Crippen LogP contribution in [0.5, 0.6) is 0 Å². The monoisotopic (exact) mass is 363 g/mol. The molecule has 1 aromatic rings. The van der Waals surface area contributed by atoms with Crippen LogP contribution in [-0.2, 0) is 10.0 Å². The summed E-state index contributed by atoms with van der Waals surface area (Å²) in [6.07, 6.45) is 4.09. The van der Waals surface area contributed by atoms with Crippen LogP contribution in [0.4, 0.5) is 0 Å². The zero-order valence-corrected chi connectivity index (χ0v) is 15.2. The average molecular weight is 364 g/mol. The van der Waals surface area contributed by atoms with Crippen LogP contribution in [0.1, 0.15) is 31.2 Å². The van der Waals surface area contributed by atoms with Gasteiger partial charge in [0.05, 0.1) is 10.6 Å². The molecule has 3 heterocycles. The molecule has 3 aliphatic rings. The number of rotatable bonds is 3. The Kier molecular flexibility index (Phi) is 4.40. The molecule has 1 fully saturated rings. The summed E-state index contributed by atoms with van der Waals surface area (Å²) < 4.78 is 27.1. The van der Waals surface area contributed by atoms with Gasteiger partial charge in [0, 0.05) is 31.6 Å². The van der Waals surface area contributed by atoms with E-state index in [1.54, 1.807) is 28.2 Å². The second kappa shape index (κ2) is 6.54. The Balaban J connectivity index is 1.57. The Bertz CT molecular complexity index is 779. The number of hydrogen-bond donors (Lipinski definition) is 0. The molecule has 0 N–H and O–H groups in total. The second-order valence-corrected chi connectivity index (χ2v) is 9.05. The van der Waals surface area contributed by atoms with E-state index in [-0.39, 0.29) is 0 Å². The first-order valence-corrected chi connectivity index (χ1v) is 10.8. The van der Waals surface area contributed by atoms with Gasteiger partial charge in [-0.15, -0.1) is 0 Å². The summed E-state index contributed by atoms with van der Waals surface area (Å²) in [7, 11) is -3.35. The third-order valence-corrected chi connectivity index (χ3v) is 7.50. The van der Waals surface area contributed by atoms with Gasteiger partial charge in [-0.25, -0.2) is 8.42 Å². The lowest BCUT2D eigenvalue weighted by molar-refractivity contribution is 0.346. The van der Waals surface area contributed by atoms with Gasteiger partial charge in [0.1, 0.15) is 0 Å². The number of nitrogens with zero attached hydrogens (tertiary/aromatic N) is 3. The van der Waals surface area contributed by atoms with Gasteiger partial charge in [0.2, 0.25) is 10.0 Å². The molecule has 3 aliphatic heterocycles. The molecule has 128 valence electrons. The Morgan fingerprint density at radius 3 is 2.46 bits per heavy atom. The maximum absolute atomic E-state index is 12.7. The Hall–Kier alpha value is -1.31. The topological polar surface area (TPSA) is 53.0 Å². The minimum Gasteiger partial charge on any atom is -0.320 e. The number of fused-ring (bicyclic) bond motifs is 1. The van der Waals surface area contributed by atoms with Gasteiger partial charge in [-0.1, -0.05) is 30.3 Å². The van der Waals surface area contributed by atoms with Crippen LogP contribution >= 0.6 is 11.8 Å². The van der Waals surface area contributed by atoms with Gasteiger partial charge in [-0.05, 0) is 37.0 Å². The molecule has 0 atom stereocenters. The quantitative estimate of drug-likeness (QED) is 0.828. The van der Waals surface area contributed by atoms with E-state index < -0.39 is 10.0 Å². The molecule has 0 unspecified atom stereocenters. The highest BCUT2D eigenvalue weighted by Crippen LogP contribution is 2.35. The fourth-order valence-electron chi connectivity index (χ4n) is 3.36. The van der Waals surface area contributed by atoms with Crippen molar-refractivity contribution in [2.45, 2.75) is 30.6 Å². The standard InChI is InChI=1S/C17H21N3O2S2/c21-24(22,19-10-2-1-3-11-19)15-7-5-14(6-8-15)16-13-23-17-18-9-4-12-20(16)17/h5-8,13H,1-4,9-12H2. The molecule has 0 spiro atoms. The number of aliphatic imine (C=N–C) groups is 1. The van der Waals surface area contributed by atoms with Crippen molar-refractivity contribution in [1.29, 1.82) is 0 Å². The summed E-state index contributed by atoms with van der Waals surface area (Å²) in [6, 6.07) is 7.31. The van der Waals surface area contributed by atoms with Crippen LogP contribution in [0, 0.1) is 0 Å². The Morgan fingerprint density at radius 1 is 0.958 bits per heavy atom. The lowest BCUT2D eigenvalue weighted by atomic mass is 10.1. The average Bonchev–Trinajstić information content (AvgIpc) is 3.07. The maximum atomic E-state index is 12.7. The van der Waals surface area contributed by atoms with E-state index >= 15 is 0 Å².